The molecular formula is C33H45NO4. The highest BCUT2D eigenvalue weighted by atomic mass is 16.3. The van der Waals surface area contributed by atoms with Crippen LogP contribution in [0.15, 0.2) is 68.9 Å². The number of ketones is 1. The van der Waals surface area contributed by atoms with Gasteiger partial charge >= 0.3 is 0 Å². The van der Waals surface area contributed by atoms with Gasteiger partial charge in [0.25, 0.3) is 0 Å². The van der Waals surface area contributed by atoms with Crippen LogP contribution in [0.1, 0.15) is 108 Å². The van der Waals surface area contributed by atoms with E-state index < -0.39 is 0 Å². The highest BCUT2D eigenvalue weighted by Gasteiger charge is 2.29. The molecular weight excluding hydrogens is 474 g/mol. The summed E-state index contributed by atoms with van der Waals surface area (Å²) < 4.78 is 10.8. The normalized spacial score (nSPS) is 16.3. The molecule has 2 aromatic rings. The third kappa shape index (κ3) is 10.7. The van der Waals surface area contributed by atoms with E-state index in [0.29, 0.717) is 42.2 Å². The van der Waals surface area contributed by atoms with Crippen LogP contribution in [0.25, 0.3) is 12.2 Å². The fraction of sp³-hybridized carbons (Fsp3) is 0.515. The predicted octanol–water partition coefficient (Wildman–Crippen LogP) is 8.79. The number of rotatable bonds is 17. The number of carbonyl (C=O) groups is 2. The molecule has 0 atom stereocenters. The second-order valence-electron chi connectivity index (χ2n) is 10.3. The van der Waals surface area contributed by atoms with E-state index >= 15 is 0 Å². The summed E-state index contributed by atoms with van der Waals surface area (Å²) in [6.07, 6.45) is 27.9. The number of allylic oxidation sites excluding steroid dienone is 2. The number of nitrogens with zero attached hydrogens (tertiary/aromatic N) is 1. The fourth-order valence-corrected chi connectivity index (χ4v) is 4.81. The molecule has 0 radical (unpaired) electrons. The van der Waals surface area contributed by atoms with Crippen molar-refractivity contribution in [3.63, 3.8) is 0 Å². The highest BCUT2D eigenvalue weighted by molar-refractivity contribution is 6.15. The van der Waals surface area contributed by atoms with E-state index in [9.17, 15) is 9.59 Å². The number of piperidine rings is 1. The number of carbonyl (C=O) groups excluding carboxylic acids is 2. The molecule has 0 spiro atoms. The minimum absolute atomic E-state index is 0.0668. The lowest BCUT2D eigenvalue weighted by Crippen LogP contribution is -2.41. The Bertz CT molecular complexity index is 971. The summed E-state index contributed by atoms with van der Waals surface area (Å²) in [6, 6.07) is 7.19. The molecule has 0 saturated carbocycles. The summed E-state index contributed by atoms with van der Waals surface area (Å²) in [5.74, 6) is 1.24. The Balaban J connectivity index is 1.35. The van der Waals surface area contributed by atoms with Gasteiger partial charge in [-0.1, -0.05) is 70.4 Å². The second kappa shape index (κ2) is 17.4. The highest BCUT2D eigenvalue weighted by Crippen LogP contribution is 2.23. The van der Waals surface area contributed by atoms with E-state index in [1.54, 1.807) is 41.7 Å². The van der Waals surface area contributed by atoms with Gasteiger partial charge in [-0.15, -0.1) is 0 Å². The number of amides is 1. The van der Waals surface area contributed by atoms with Crippen LogP contribution in [0.2, 0.25) is 0 Å². The summed E-state index contributed by atoms with van der Waals surface area (Å²) in [7, 11) is 0. The first-order valence-corrected chi connectivity index (χ1v) is 14.6. The maximum absolute atomic E-state index is 13.1. The van der Waals surface area contributed by atoms with Gasteiger partial charge in [0.2, 0.25) is 5.91 Å². The Hall–Kier alpha value is -3.08. The molecule has 0 unspecified atom stereocenters. The van der Waals surface area contributed by atoms with E-state index in [2.05, 4.69) is 19.1 Å². The van der Waals surface area contributed by atoms with E-state index in [-0.39, 0.29) is 11.7 Å². The van der Waals surface area contributed by atoms with Gasteiger partial charge < -0.3 is 13.7 Å². The van der Waals surface area contributed by atoms with Crippen LogP contribution >= 0.6 is 0 Å². The molecule has 3 rings (SSSR count). The topological polar surface area (TPSA) is 63.7 Å². The first kappa shape index (κ1) is 29.5. The molecule has 1 saturated heterocycles. The van der Waals surface area contributed by atoms with Crippen molar-refractivity contribution < 1.29 is 18.4 Å². The van der Waals surface area contributed by atoms with Gasteiger partial charge in [-0.25, -0.2) is 0 Å². The molecule has 1 aliphatic heterocycles. The lowest BCUT2D eigenvalue weighted by Gasteiger charge is -2.29. The molecule has 2 aromatic heterocycles. The zero-order chi connectivity index (χ0) is 26.8. The molecule has 5 heteroatoms. The monoisotopic (exact) mass is 519 g/mol. The Morgan fingerprint density at radius 1 is 0.763 bits per heavy atom. The van der Waals surface area contributed by atoms with Gasteiger partial charge in [0.15, 0.2) is 5.78 Å². The van der Waals surface area contributed by atoms with Gasteiger partial charge in [-0.3, -0.25) is 9.59 Å². The first-order chi connectivity index (χ1) is 18.7. The Morgan fingerprint density at radius 2 is 1.26 bits per heavy atom. The largest absolute Gasteiger partial charge is 0.465 e. The van der Waals surface area contributed by atoms with Crippen LogP contribution in [-0.4, -0.2) is 29.7 Å². The number of Topliss-reactive ketones (excluding diaryl/α,β-unsaturated/α-hetero) is 1. The Morgan fingerprint density at radius 3 is 1.76 bits per heavy atom. The number of likely N-dealkylation sites (tertiary alicyclic amines) is 1. The second-order valence-corrected chi connectivity index (χ2v) is 10.3. The third-order valence-electron chi connectivity index (χ3n) is 7.03. The maximum Gasteiger partial charge on any atom is 0.223 e. The van der Waals surface area contributed by atoms with Gasteiger partial charge in [0.1, 0.15) is 11.5 Å². The number of hydrogen-bond donors (Lipinski definition) is 0. The molecule has 1 fully saturated rings. The fourth-order valence-electron chi connectivity index (χ4n) is 4.81. The summed E-state index contributed by atoms with van der Waals surface area (Å²) in [4.78, 5) is 27.9. The average Bonchev–Trinajstić information content (AvgIpc) is 3.63. The molecule has 38 heavy (non-hydrogen) atoms. The SMILES string of the molecule is CCCCCCCC/C=C\CCCCCCCC(=O)N1C/C(=C\c2ccco2)C(=O)/C(=C/c2ccco2)C1. The molecule has 0 bridgehead atoms. The van der Waals surface area contributed by atoms with Crippen LogP contribution in [0, 0.1) is 0 Å². The number of hydrogen-bond acceptors (Lipinski definition) is 4. The zero-order valence-electron chi connectivity index (χ0n) is 23.2. The van der Waals surface area contributed by atoms with Crippen molar-refractivity contribution in [3.8, 4) is 0 Å². The first-order valence-electron chi connectivity index (χ1n) is 14.6. The average molecular weight is 520 g/mol. The molecule has 0 aromatic carbocycles. The minimum atomic E-state index is -0.0668. The van der Waals surface area contributed by atoms with E-state index in [4.69, 9.17) is 8.83 Å². The number of unbranched alkanes of at least 4 members (excludes halogenated alkanes) is 11. The summed E-state index contributed by atoms with van der Waals surface area (Å²) >= 11 is 0. The smallest absolute Gasteiger partial charge is 0.223 e. The Kier molecular flexibility index (Phi) is 13.5. The molecule has 0 aliphatic carbocycles. The lowest BCUT2D eigenvalue weighted by molar-refractivity contribution is -0.131. The van der Waals surface area contributed by atoms with E-state index in [0.717, 1.165) is 25.7 Å². The maximum atomic E-state index is 13.1. The number of furan rings is 2. The molecule has 1 amide bonds. The standard InChI is InChI=1S/C33H45NO4/c1-2-3-4-5-6-7-8-9-10-11-12-13-14-15-16-21-32(35)34-26-28(24-30-19-17-22-37-30)33(36)29(27-34)25-31-20-18-23-38-31/h9-10,17-20,22-25H,2-8,11-16,21,26-27H2,1H3/b10-9-,28-24+,29-25+. The van der Waals surface area contributed by atoms with Crippen molar-refractivity contribution in [3.05, 3.63) is 71.6 Å². The van der Waals surface area contributed by atoms with Crippen molar-refractivity contribution in [1.82, 2.24) is 4.90 Å². The summed E-state index contributed by atoms with van der Waals surface area (Å²) in [5.41, 5.74) is 1.11. The third-order valence-corrected chi connectivity index (χ3v) is 7.03. The van der Waals surface area contributed by atoms with Crippen LogP contribution in [0.3, 0.4) is 0 Å². The van der Waals surface area contributed by atoms with Crippen molar-refractivity contribution >= 4 is 23.8 Å². The molecule has 0 N–H and O–H groups in total. The van der Waals surface area contributed by atoms with Crippen LogP contribution in [-0.2, 0) is 9.59 Å². The van der Waals surface area contributed by atoms with E-state index in [1.807, 2.05) is 12.1 Å². The molecule has 3 heterocycles. The van der Waals surface area contributed by atoms with Gasteiger partial charge in [-0.2, -0.15) is 0 Å². The van der Waals surface area contributed by atoms with Gasteiger partial charge in [0.05, 0.1) is 12.5 Å². The van der Waals surface area contributed by atoms with Gasteiger partial charge in [-0.05, 0) is 68.5 Å². The molecule has 5 nitrogen and oxygen atoms in total. The lowest BCUT2D eigenvalue weighted by atomic mass is 9.95. The summed E-state index contributed by atoms with van der Waals surface area (Å²) in [6.45, 7) is 2.87. The molecule has 1 aliphatic rings. The van der Waals surface area contributed by atoms with Crippen LogP contribution < -0.4 is 0 Å². The van der Waals surface area contributed by atoms with Crippen LogP contribution in [0.5, 0.6) is 0 Å². The van der Waals surface area contributed by atoms with Crippen molar-refractivity contribution in [2.45, 2.75) is 96.8 Å². The van der Waals surface area contributed by atoms with Crippen LogP contribution in [0.4, 0.5) is 0 Å². The Labute approximate surface area is 228 Å². The molecule has 206 valence electrons. The van der Waals surface area contributed by atoms with Crippen molar-refractivity contribution in [2.75, 3.05) is 13.1 Å². The minimum Gasteiger partial charge on any atom is -0.465 e. The summed E-state index contributed by atoms with van der Waals surface area (Å²) in [5, 5.41) is 0. The zero-order valence-corrected chi connectivity index (χ0v) is 23.2. The van der Waals surface area contributed by atoms with Gasteiger partial charge in [0, 0.05) is 30.7 Å². The van der Waals surface area contributed by atoms with Crippen molar-refractivity contribution in [2.24, 2.45) is 0 Å². The van der Waals surface area contributed by atoms with E-state index in [1.165, 1.54) is 57.8 Å². The predicted molar refractivity (Wildman–Crippen MR) is 154 cm³/mol. The van der Waals surface area contributed by atoms with Crippen molar-refractivity contribution in [1.29, 1.82) is 0 Å². The quantitative estimate of drug-likeness (QED) is 0.119.